The number of nitrogens with zero attached hydrogens (tertiary/aromatic N) is 1. The lowest BCUT2D eigenvalue weighted by molar-refractivity contribution is 0.0703. The second kappa shape index (κ2) is 5.09. The minimum atomic E-state index is 0.0465. The average Bonchev–Trinajstić information content (AvgIpc) is 2.94. The van der Waals surface area contributed by atoms with Gasteiger partial charge in [0.25, 0.3) is 5.91 Å². The molecule has 0 atom stereocenters. The maximum Gasteiger partial charge on any atom is 0.253 e. The third-order valence-electron chi connectivity index (χ3n) is 3.80. The quantitative estimate of drug-likeness (QED) is 0.871. The Kier molecular flexibility index (Phi) is 3.29. The van der Waals surface area contributed by atoms with Crippen molar-refractivity contribution >= 4 is 5.91 Å². The second-order valence-corrected chi connectivity index (χ2v) is 4.97. The molecule has 2 aliphatic rings. The third kappa shape index (κ3) is 2.38. The Hall–Kier alpha value is -1.75. The summed E-state index contributed by atoms with van der Waals surface area (Å²) < 4.78 is 10.6. The summed E-state index contributed by atoms with van der Waals surface area (Å²) in [6.45, 7) is 2.18. The van der Waals surface area contributed by atoms with E-state index in [0.717, 1.165) is 25.9 Å². The maximum atomic E-state index is 12.5. The fourth-order valence-corrected chi connectivity index (χ4v) is 2.59. The van der Waals surface area contributed by atoms with Crippen molar-refractivity contribution in [3.8, 4) is 11.5 Å². The minimum absolute atomic E-state index is 0.0465. The largest absolute Gasteiger partial charge is 0.454 e. The van der Waals surface area contributed by atoms with Gasteiger partial charge in [-0.05, 0) is 44.1 Å². The van der Waals surface area contributed by atoms with Crippen LogP contribution in [0.15, 0.2) is 18.2 Å². The number of rotatable bonds is 2. The Labute approximate surface area is 112 Å². The summed E-state index contributed by atoms with van der Waals surface area (Å²) in [5.74, 6) is 1.41. The number of fused-ring (bicyclic) bond motifs is 1. The first-order valence-corrected chi connectivity index (χ1v) is 6.63. The van der Waals surface area contributed by atoms with E-state index in [1.54, 1.807) is 18.2 Å². The average molecular weight is 262 g/mol. The molecule has 3 rings (SSSR count). The van der Waals surface area contributed by atoms with E-state index in [9.17, 15) is 4.79 Å². The van der Waals surface area contributed by atoms with Crippen molar-refractivity contribution in [1.82, 2.24) is 10.2 Å². The highest BCUT2D eigenvalue weighted by Crippen LogP contribution is 2.33. The molecular formula is C14H18N2O3. The van der Waals surface area contributed by atoms with Gasteiger partial charge in [-0.1, -0.05) is 0 Å². The van der Waals surface area contributed by atoms with Crippen molar-refractivity contribution in [1.29, 1.82) is 0 Å². The normalized spacial score (nSPS) is 18.4. The van der Waals surface area contributed by atoms with Crippen molar-refractivity contribution in [2.75, 3.05) is 26.9 Å². The Morgan fingerprint density at radius 2 is 2.00 bits per heavy atom. The van der Waals surface area contributed by atoms with Crippen LogP contribution in [0.25, 0.3) is 0 Å². The molecule has 2 heterocycles. The highest BCUT2D eigenvalue weighted by atomic mass is 16.7. The van der Waals surface area contributed by atoms with Crippen molar-refractivity contribution < 1.29 is 14.3 Å². The van der Waals surface area contributed by atoms with E-state index in [0.29, 0.717) is 23.1 Å². The Morgan fingerprint density at radius 3 is 2.79 bits per heavy atom. The molecule has 1 amide bonds. The molecule has 0 bridgehead atoms. The maximum absolute atomic E-state index is 12.5. The highest BCUT2D eigenvalue weighted by molar-refractivity contribution is 5.95. The minimum Gasteiger partial charge on any atom is -0.454 e. The number of carbonyl (C=O) groups is 1. The van der Waals surface area contributed by atoms with Crippen LogP contribution in [0.4, 0.5) is 0 Å². The van der Waals surface area contributed by atoms with E-state index in [2.05, 4.69) is 5.32 Å². The number of ether oxygens (including phenoxy) is 2. The fourth-order valence-electron chi connectivity index (χ4n) is 2.59. The van der Waals surface area contributed by atoms with E-state index in [1.165, 1.54) is 0 Å². The van der Waals surface area contributed by atoms with Gasteiger partial charge in [-0.2, -0.15) is 0 Å². The van der Waals surface area contributed by atoms with E-state index in [4.69, 9.17) is 9.47 Å². The van der Waals surface area contributed by atoms with E-state index in [1.807, 2.05) is 11.9 Å². The molecule has 1 N–H and O–H groups in total. The Bertz CT molecular complexity index is 484. The zero-order valence-electron chi connectivity index (χ0n) is 11.0. The van der Waals surface area contributed by atoms with Crippen LogP contribution < -0.4 is 14.8 Å². The fraction of sp³-hybridized carbons (Fsp3) is 0.500. The van der Waals surface area contributed by atoms with Gasteiger partial charge in [0, 0.05) is 18.7 Å². The van der Waals surface area contributed by atoms with Crippen molar-refractivity contribution in [3.05, 3.63) is 23.8 Å². The molecular weight excluding hydrogens is 244 g/mol. The number of amides is 1. The molecule has 5 nitrogen and oxygen atoms in total. The van der Waals surface area contributed by atoms with Crippen LogP contribution in [0.1, 0.15) is 23.2 Å². The van der Waals surface area contributed by atoms with Crippen LogP contribution in [0.5, 0.6) is 11.5 Å². The van der Waals surface area contributed by atoms with Gasteiger partial charge in [-0.3, -0.25) is 4.79 Å². The molecule has 19 heavy (non-hydrogen) atoms. The summed E-state index contributed by atoms with van der Waals surface area (Å²) in [7, 11) is 1.88. The summed E-state index contributed by atoms with van der Waals surface area (Å²) in [4.78, 5) is 14.3. The number of benzene rings is 1. The van der Waals surface area contributed by atoms with Crippen molar-refractivity contribution in [2.45, 2.75) is 18.9 Å². The van der Waals surface area contributed by atoms with Gasteiger partial charge in [0.05, 0.1) is 0 Å². The van der Waals surface area contributed by atoms with Crippen molar-refractivity contribution in [2.24, 2.45) is 0 Å². The molecule has 2 aliphatic heterocycles. The van der Waals surface area contributed by atoms with E-state index in [-0.39, 0.29) is 12.7 Å². The SMILES string of the molecule is CN(C(=O)c1ccc2c(c1)OCO2)C1CCNCC1. The molecule has 1 saturated heterocycles. The van der Waals surface area contributed by atoms with Gasteiger partial charge in [0.15, 0.2) is 11.5 Å². The summed E-state index contributed by atoms with van der Waals surface area (Å²) >= 11 is 0. The lowest BCUT2D eigenvalue weighted by Crippen LogP contribution is -2.43. The summed E-state index contributed by atoms with van der Waals surface area (Å²) in [6.07, 6.45) is 2.01. The predicted molar refractivity (Wildman–Crippen MR) is 70.6 cm³/mol. The van der Waals surface area contributed by atoms with Gasteiger partial charge in [0.1, 0.15) is 0 Å². The second-order valence-electron chi connectivity index (χ2n) is 4.97. The predicted octanol–water partition coefficient (Wildman–Crippen LogP) is 1.24. The molecule has 0 unspecified atom stereocenters. The molecule has 102 valence electrons. The number of hydrogen-bond acceptors (Lipinski definition) is 4. The standard InChI is InChI=1S/C14H18N2O3/c1-16(11-4-6-15-7-5-11)14(17)10-2-3-12-13(8-10)19-9-18-12/h2-3,8,11,15H,4-7,9H2,1H3. The summed E-state index contributed by atoms with van der Waals surface area (Å²) in [6, 6.07) is 5.68. The van der Waals surface area contributed by atoms with Crippen LogP contribution in [0.3, 0.4) is 0 Å². The van der Waals surface area contributed by atoms with Crippen LogP contribution >= 0.6 is 0 Å². The molecule has 0 radical (unpaired) electrons. The van der Waals surface area contributed by atoms with Crippen LogP contribution in [0, 0.1) is 0 Å². The molecule has 1 aromatic carbocycles. The molecule has 0 saturated carbocycles. The first-order valence-electron chi connectivity index (χ1n) is 6.63. The third-order valence-corrected chi connectivity index (χ3v) is 3.80. The summed E-state index contributed by atoms with van der Waals surface area (Å²) in [5.41, 5.74) is 0.658. The summed E-state index contributed by atoms with van der Waals surface area (Å²) in [5, 5.41) is 3.31. The molecule has 1 fully saturated rings. The number of piperidine rings is 1. The van der Waals surface area contributed by atoms with Gasteiger partial charge in [-0.15, -0.1) is 0 Å². The van der Waals surface area contributed by atoms with Crippen LogP contribution in [-0.4, -0.2) is 43.8 Å². The molecule has 0 spiro atoms. The van der Waals surface area contributed by atoms with E-state index < -0.39 is 0 Å². The lowest BCUT2D eigenvalue weighted by atomic mass is 10.0. The zero-order valence-corrected chi connectivity index (χ0v) is 11.0. The monoisotopic (exact) mass is 262 g/mol. The van der Waals surface area contributed by atoms with Crippen LogP contribution in [0.2, 0.25) is 0 Å². The highest BCUT2D eigenvalue weighted by Gasteiger charge is 2.24. The van der Waals surface area contributed by atoms with Crippen molar-refractivity contribution in [3.63, 3.8) is 0 Å². The first-order chi connectivity index (χ1) is 9.25. The molecule has 5 heteroatoms. The number of nitrogens with one attached hydrogen (secondary N) is 1. The lowest BCUT2D eigenvalue weighted by Gasteiger charge is -2.31. The first kappa shape index (κ1) is 12.3. The van der Waals surface area contributed by atoms with E-state index >= 15 is 0 Å². The van der Waals surface area contributed by atoms with Crippen LogP contribution in [-0.2, 0) is 0 Å². The Balaban J connectivity index is 1.75. The van der Waals surface area contributed by atoms with Gasteiger partial charge < -0.3 is 19.7 Å². The number of carbonyl (C=O) groups excluding carboxylic acids is 1. The smallest absolute Gasteiger partial charge is 0.253 e. The zero-order chi connectivity index (χ0) is 13.2. The van der Waals surface area contributed by atoms with Gasteiger partial charge in [0.2, 0.25) is 6.79 Å². The Morgan fingerprint density at radius 1 is 1.26 bits per heavy atom. The topological polar surface area (TPSA) is 50.8 Å². The molecule has 1 aromatic rings. The molecule has 0 aliphatic carbocycles. The number of hydrogen-bond donors (Lipinski definition) is 1. The van der Waals surface area contributed by atoms with Gasteiger partial charge >= 0.3 is 0 Å². The molecule has 0 aromatic heterocycles. The van der Waals surface area contributed by atoms with Gasteiger partial charge in [-0.25, -0.2) is 0 Å².